The van der Waals surface area contributed by atoms with Crippen LogP contribution < -0.4 is 10.2 Å². The minimum atomic E-state index is -0.473. The number of hydrogen-bond acceptors (Lipinski definition) is 4. The minimum absolute atomic E-state index is 0.0431. The molecular formula is C16H16N4O2. The molecule has 2 aliphatic rings. The number of carbonyl (C=O) groups is 2. The highest BCUT2D eigenvalue weighted by Gasteiger charge is 2.40. The Balaban J connectivity index is 1.66. The van der Waals surface area contributed by atoms with Gasteiger partial charge >= 0.3 is 0 Å². The van der Waals surface area contributed by atoms with Crippen molar-refractivity contribution in [3.63, 3.8) is 0 Å². The highest BCUT2D eigenvalue weighted by molar-refractivity contribution is 6.09. The normalized spacial score (nSPS) is 17.4. The fraction of sp³-hybridized carbons (Fsp3) is 0.375. The Morgan fingerprint density at radius 1 is 1.36 bits per heavy atom. The van der Waals surface area contributed by atoms with Crippen molar-refractivity contribution in [3.05, 3.63) is 24.3 Å². The van der Waals surface area contributed by atoms with E-state index in [9.17, 15) is 9.59 Å². The standard InChI is InChI=1S/C16H16N4O2/c1-2-3-9-16(18-19-16)10-8-15(22)20-11-14(21)17-12-6-4-5-7-13(12)20/h1,4-7H,3,8-11H2,(H,17,21). The Labute approximate surface area is 128 Å². The van der Waals surface area contributed by atoms with Crippen molar-refractivity contribution in [1.82, 2.24) is 0 Å². The highest BCUT2D eigenvalue weighted by Crippen LogP contribution is 2.38. The van der Waals surface area contributed by atoms with Crippen molar-refractivity contribution < 1.29 is 9.59 Å². The van der Waals surface area contributed by atoms with Gasteiger partial charge in [-0.25, -0.2) is 0 Å². The third-order valence-electron chi connectivity index (χ3n) is 3.86. The van der Waals surface area contributed by atoms with Gasteiger partial charge in [0.2, 0.25) is 11.8 Å². The number of terminal acetylenes is 1. The summed E-state index contributed by atoms with van der Waals surface area (Å²) in [5.74, 6) is 2.28. The number of anilines is 2. The molecule has 0 unspecified atom stereocenters. The van der Waals surface area contributed by atoms with Crippen LogP contribution in [-0.4, -0.2) is 24.0 Å². The molecule has 0 aliphatic carbocycles. The van der Waals surface area contributed by atoms with E-state index in [2.05, 4.69) is 21.5 Å². The number of hydrogen-bond donors (Lipinski definition) is 1. The maximum atomic E-state index is 12.5. The van der Waals surface area contributed by atoms with Crippen LogP contribution in [0.5, 0.6) is 0 Å². The summed E-state index contributed by atoms with van der Waals surface area (Å²) in [7, 11) is 0. The maximum absolute atomic E-state index is 12.5. The van der Waals surface area contributed by atoms with Gasteiger partial charge in [-0.15, -0.1) is 12.3 Å². The molecule has 6 nitrogen and oxygen atoms in total. The summed E-state index contributed by atoms with van der Waals surface area (Å²) in [5.41, 5.74) is 0.920. The fourth-order valence-corrected chi connectivity index (χ4v) is 2.57. The second-order valence-electron chi connectivity index (χ2n) is 5.43. The first-order valence-corrected chi connectivity index (χ1v) is 7.20. The number of amides is 2. The first-order chi connectivity index (χ1) is 10.6. The van der Waals surface area contributed by atoms with Crippen LogP contribution >= 0.6 is 0 Å². The van der Waals surface area contributed by atoms with Crippen molar-refractivity contribution in [2.75, 3.05) is 16.8 Å². The Morgan fingerprint density at radius 3 is 2.86 bits per heavy atom. The van der Waals surface area contributed by atoms with Gasteiger partial charge in [0.05, 0.1) is 11.4 Å². The first kappa shape index (κ1) is 14.3. The van der Waals surface area contributed by atoms with Crippen LogP contribution in [0.15, 0.2) is 34.5 Å². The van der Waals surface area contributed by atoms with Gasteiger partial charge in [0, 0.05) is 25.7 Å². The molecule has 0 fully saturated rings. The average molecular weight is 296 g/mol. The number of carbonyl (C=O) groups excluding carboxylic acids is 2. The number of fused-ring (bicyclic) bond motifs is 1. The number of nitrogens with one attached hydrogen (secondary N) is 1. The number of nitrogens with zero attached hydrogens (tertiary/aromatic N) is 3. The Kier molecular flexibility index (Phi) is 3.63. The van der Waals surface area contributed by atoms with E-state index < -0.39 is 5.66 Å². The van der Waals surface area contributed by atoms with Crippen molar-refractivity contribution in [2.45, 2.75) is 31.3 Å². The van der Waals surface area contributed by atoms with Gasteiger partial charge in [-0.3, -0.25) is 9.59 Å². The second-order valence-corrected chi connectivity index (χ2v) is 5.43. The topological polar surface area (TPSA) is 74.1 Å². The van der Waals surface area contributed by atoms with E-state index in [4.69, 9.17) is 6.42 Å². The molecule has 6 heteroatoms. The van der Waals surface area contributed by atoms with Gasteiger partial charge in [-0.05, 0) is 12.1 Å². The summed E-state index contributed by atoms with van der Waals surface area (Å²) in [6.45, 7) is 0.0431. The van der Waals surface area contributed by atoms with Crippen LogP contribution in [0.1, 0.15) is 25.7 Å². The molecule has 0 spiro atoms. The summed E-state index contributed by atoms with van der Waals surface area (Å²) in [6.07, 6.45) is 7.35. The van der Waals surface area contributed by atoms with Crippen molar-refractivity contribution in [1.29, 1.82) is 0 Å². The van der Waals surface area contributed by atoms with E-state index in [1.807, 2.05) is 18.2 Å². The van der Waals surface area contributed by atoms with Crippen LogP contribution in [0.4, 0.5) is 11.4 Å². The van der Waals surface area contributed by atoms with Crippen molar-refractivity contribution in [3.8, 4) is 12.3 Å². The predicted octanol–water partition coefficient (Wildman–Crippen LogP) is 2.33. The molecule has 3 rings (SSSR count). The highest BCUT2D eigenvalue weighted by atomic mass is 16.2. The van der Waals surface area contributed by atoms with Crippen molar-refractivity contribution in [2.24, 2.45) is 10.2 Å². The van der Waals surface area contributed by atoms with Gasteiger partial charge in [0.25, 0.3) is 0 Å². The average Bonchev–Trinajstić information content (AvgIpc) is 3.30. The molecule has 1 aromatic carbocycles. The van der Waals surface area contributed by atoms with Gasteiger partial charge in [0.15, 0.2) is 5.66 Å². The summed E-state index contributed by atoms with van der Waals surface area (Å²) in [5, 5.41) is 10.8. The number of rotatable bonds is 5. The molecule has 22 heavy (non-hydrogen) atoms. The minimum Gasteiger partial charge on any atom is -0.323 e. The largest absolute Gasteiger partial charge is 0.323 e. The smallest absolute Gasteiger partial charge is 0.244 e. The quantitative estimate of drug-likeness (QED) is 0.847. The lowest BCUT2D eigenvalue weighted by Gasteiger charge is -2.29. The monoisotopic (exact) mass is 296 g/mol. The molecule has 0 saturated heterocycles. The summed E-state index contributed by atoms with van der Waals surface area (Å²) < 4.78 is 0. The number of para-hydroxylation sites is 2. The van der Waals surface area contributed by atoms with Crippen LogP contribution in [-0.2, 0) is 9.59 Å². The fourth-order valence-electron chi connectivity index (χ4n) is 2.57. The van der Waals surface area contributed by atoms with E-state index in [1.54, 1.807) is 6.07 Å². The molecule has 2 aliphatic heterocycles. The summed E-state index contributed by atoms with van der Waals surface area (Å²) in [6, 6.07) is 7.28. The molecule has 0 saturated carbocycles. The second kappa shape index (κ2) is 5.60. The van der Waals surface area contributed by atoms with Crippen LogP contribution in [0.3, 0.4) is 0 Å². The zero-order chi connectivity index (χ0) is 15.6. The van der Waals surface area contributed by atoms with Crippen molar-refractivity contribution >= 4 is 23.2 Å². The Morgan fingerprint density at radius 2 is 2.14 bits per heavy atom. The lowest BCUT2D eigenvalue weighted by Crippen LogP contribution is -2.42. The molecule has 112 valence electrons. The molecule has 0 bridgehead atoms. The first-order valence-electron chi connectivity index (χ1n) is 7.20. The lowest BCUT2D eigenvalue weighted by molar-refractivity contribution is -0.122. The van der Waals surface area contributed by atoms with Crippen LogP contribution in [0.2, 0.25) is 0 Å². The molecule has 0 radical (unpaired) electrons. The van der Waals surface area contributed by atoms with Gasteiger partial charge in [0.1, 0.15) is 6.54 Å². The molecular weight excluding hydrogens is 280 g/mol. The van der Waals surface area contributed by atoms with E-state index in [0.29, 0.717) is 31.4 Å². The van der Waals surface area contributed by atoms with Gasteiger partial charge < -0.3 is 10.2 Å². The number of benzene rings is 1. The van der Waals surface area contributed by atoms with E-state index >= 15 is 0 Å². The van der Waals surface area contributed by atoms with Gasteiger partial charge in [-0.1, -0.05) is 12.1 Å². The molecule has 1 N–H and O–H groups in total. The SMILES string of the molecule is C#CCCC1(CCC(=O)N2CC(=O)Nc3ccccc32)N=N1. The van der Waals surface area contributed by atoms with Crippen LogP contribution in [0, 0.1) is 12.3 Å². The zero-order valence-electron chi connectivity index (χ0n) is 12.1. The summed E-state index contributed by atoms with van der Waals surface area (Å²) >= 11 is 0. The summed E-state index contributed by atoms with van der Waals surface area (Å²) in [4.78, 5) is 25.7. The van der Waals surface area contributed by atoms with Crippen LogP contribution in [0.25, 0.3) is 0 Å². The Bertz CT molecular complexity index is 684. The maximum Gasteiger partial charge on any atom is 0.244 e. The van der Waals surface area contributed by atoms with E-state index in [-0.39, 0.29) is 18.4 Å². The third-order valence-corrected chi connectivity index (χ3v) is 3.86. The lowest BCUT2D eigenvalue weighted by atomic mass is 10.0. The predicted molar refractivity (Wildman–Crippen MR) is 82.3 cm³/mol. The Hall–Kier alpha value is -2.68. The van der Waals surface area contributed by atoms with E-state index in [0.717, 1.165) is 5.69 Å². The molecule has 2 amide bonds. The van der Waals surface area contributed by atoms with Gasteiger partial charge in [-0.2, -0.15) is 10.2 Å². The zero-order valence-corrected chi connectivity index (χ0v) is 12.1. The molecule has 1 aromatic rings. The molecule has 2 heterocycles. The van der Waals surface area contributed by atoms with E-state index in [1.165, 1.54) is 4.90 Å². The third kappa shape index (κ3) is 2.84. The molecule has 0 atom stereocenters. The molecule has 0 aromatic heterocycles.